The van der Waals surface area contributed by atoms with E-state index in [1.54, 1.807) is 17.6 Å². The van der Waals surface area contributed by atoms with Gasteiger partial charge < -0.3 is 9.73 Å². The molecular formula is C12H15NOS. The Labute approximate surface area is 93.9 Å². The highest BCUT2D eigenvalue weighted by atomic mass is 32.1. The molecule has 0 bridgehead atoms. The third kappa shape index (κ3) is 2.49. The van der Waals surface area contributed by atoms with E-state index in [1.165, 1.54) is 5.56 Å². The molecule has 0 aromatic carbocycles. The van der Waals surface area contributed by atoms with Crippen molar-refractivity contribution < 1.29 is 4.42 Å². The monoisotopic (exact) mass is 221 g/mol. The molecule has 1 N–H and O–H groups in total. The average Bonchev–Trinajstić information content (AvgIpc) is 2.90. The van der Waals surface area contributed by atoms with Crippen molar-refractivity contribution in [2.24, 2.45) is 0 Å². The van der Waals surface area contributed by atoms with Gasteiger partial charge in [-0.15, -0.1) is 0 Å². The molecule has 0 amide bonds. The molecule has 2 aromatic rings. The van der Waals surface area contributed by atoms with Crippen LogP contribution in [0.25, 0.3) is 0 Å². The Hall–Kier alpha value is -1.06. The standard InChI is InChI=1S/C12H15NOS/c1-2-6-13-12(10-5-8-15-9-10)11-4-3-7-14-11/h3-5,7-9,12-13H,2,6H2,1H3. The summed E-state index contributed by atoms with van der Waals surface area (Å²) < 4.78 is 5.46. The zero-order chi connectivity index (χ0) is 10.5. The first-order valence-electron chi connectivity index (χ1n) is 5.20. The van der Waals surface area contributed by atoms with Crippen LogP contribution in [0.5, 0.6) is 0 Å². The van der Waals surface area contributed by atoms with E-state index in [4.69, 9.17) is 4.42 Å². The lowest BCUT2D eigenvalue weighted by Gasteiger charge is -2.14. The predicted octanol–water partition coefficient (Wildman–Crippen LogP) is 3.43. The highest BCUT2D eigenvalue weighted by Crippen LogP contribution is 2.24. The summed E-state index contributed by atoms with van der Waals surface area (Å²) in [5.41, 5.74) is 1.28. The molecular weight excluding hydrogens is 206 g/mol. The summed E-state index contributed by atoms with van der Waals surface area (Å²) >= 11 is 1.72. The molecule has 1 unspecified atom stereocenters. The van der Waals surface area contributed by atoms with Crippen molar-refractivity contribution >= 4 is 11.3 Å². The van der Waals surface area contributed by atoms with E-state index in [-0.39, 0.29) is 6.04 Å². The predicted molar refractivity (Wildman–Crippen MR) is 63.2 cm³/mol. The molecule has 2 nitrogen and oxygen atoms in total. The van der Waals surface area contributed by atoms with E-state index in [2.05, 4.69) is 29.1 Å². The van der Waals surface area contributed by atoms with Crippen molar-refractivity contribution in [3.63, 3.8) is 0 Å². The molecule has 15 heavy (non-hydrogen) atoms. The average molecular weight is 221 g/mol. The summed E-state index contributed by atoms with van der Waals surface area (Å²) in [6.07, 6.45) is 2.85. The lowest BCUT2D eigenvalue weighted by Crippen LogP contribution is -2.22. The van der Waals surface area contributed by atoms with Crippen molar-refractivity contribution in [1.29, 1.82) is 0 Å². The normalized spacial score (nSPS) is 12.9. The van der Waals surface area contributed by atoms with Crippen LogP contribution in [-0.4, -0.2) is 6.54 Å². The van der Waals surface area contributed by atoms with Crippen LogP contribution in [0, 0.1) is 0 Å². The summed E-state index contributed by atoms with van der Waals surface area (Å²) in [4.78, 5) is 0. The van der Waals surface area contributed by atoms with Gasteiger partial charge >= 0.3 is 0 Å². The molecule has 0 aliphatic carbocycles. The van der Waals surface area contributed by atoms with Crippen LogP contribution in [0.3, 0.4) is 0 Å². The molecule has 0 aliphatic heterocycles. The Morgan fingerprint density at radius 3 is 3.00 bits per heavy atom. The molecule has 0 aliphatic rings. The largest absolute Gasteiger partial charge is 0.467 e. The molecule has 0 spiro atoms. The zero-order valence-corrected chi connectivity index (χ0v) is 9.59. The van der Waals surface area contributed by atoms with Crippen LogP contribution in [0.2, 0.25) is 0 Å². The number of hydrogen-bond acceptors (Lipinski definition) is 3. The van der Waals surface area contributed by atoms with Gasteiger partial charge in [-0.25, -0.2) is 0 Å². The van der Waals surface area contributed by atoms with Crippen LogP contribution >= 0.6 is 11.3 Å². The molecule has 0 saturated carbocycles. The fourth-order valence-corrected chi connectivity index (χ4v) is 2.25. The van der Waals surface area contributed by atoms with E-state index in [0.29, 0.717) is 0 Å². The van der Waals surface area contributed by atoms with E-state index in [1.807, 2.05) is 12.1 Å². The van der Waals surface area contributed by atoms with Crippen molar-refractivity contribution in [2.45, 2.75) is 19.4 Å². The first-order chi connectivity index (χ1) is 7.42. The Bertz CT molecular complexity index is 332. The molecule has 80 valence electrons. The Kier molecular flexibility index (Phi) is 3.59. The van der Waals surface area contributed by atoms with Crippen molar-refractivity contribution in [1.82, 2.24) is 5.32 Å². The molecule has 0 saturated heterocycles. The summed E-state index contributed by atoms with van der Waals surface area (Å²) in [5, 5.41) is 7.75. The van der Waals surface area contributed by atoms with Crippen LogP contribution < -0.4 is 5.32 Å². The minimum atomic E-state index is 0.200. The highest BCUT2D eigenvalue weighted by Gasteiger charge is 2.15. The minimum absolute atomic E-state index is 0.200. The first kappa shape index (κ1) is 10.5. The van der Waals surface area contributed by atoms with Gasteiger partial charge in [0.1, 0.15) is 5.76 Å². The Morgan fingerprint density at radius 2 is 2.40 bits per heavy atom. The molecule has 2 heterocycles. The number of rotatable bonds is 5. The lowest BCUT2D eigenvalue weighted by molar-refractivity contribution is 0.447. The summed E-state index contributed by atoms with van der Waals surface area (Å²) in [6, 6.07) is 6.29. The van der Waals surface area contributed by atoms with Crippen LogP contribution in [0.1, 0.15) is 30.7 Å². The van der Waals surface area contributed by atoms with Gasteiger partial charge in [0.05, 0.1) is 12.3 Å². The number of furan rings is 1. The van der Waals surface area contributed by atoms with Crippen LogP contribution in [-0.2, 0) is 0 Å². The van der Waals surface area contributed by atoms with Crippen LogP contribution in [0.15, 0.2) is 39.6 Å². The van der Waals surface area contributed by atoms with Gasteiger partial charge in [-0.1, -0.05) is 6.92 Å². The summed E-state index contributed by atoms with van der Waals surface area (Å²) in [7, 11) is 0. The maximum atomic E-state index is 5.46. The Balaban J connectivity index is 2.17. The molecule has 3 heteroatoms. The SMILES string of the molecule is CCCNC(c1ccsc1)c1ccco1. The number of thiophene rings is 1. The maximum absolute atomic E-state index is 5.46. The fraction of sp³-hybridized carbons (Fsp3) is 0.333. The van der Waals surface area contributed by atoms with Gasteiger partial charge in [0.2, 0.25) is 0 Å². The van der Waals surface area contributed by atoms with Gasteiger partial charge in [-0.3, -0.25) is 0 Å². The molecule has 0 radical (unpaired) electrons. The van der Waals surface area contributed by atoms with Crippen molar-refractivity contribution in [3.05, 3.63) is 46.5 Å². The van der Waals surface area contributed by atoms with Gasteiger partial charge in [0, 0.05) is 0 Å². The zero-order valence-electron chi connectivity index (χ0n) is 8.77. The lowest BCUT2D eigenvalue weighted by atomic mass is 10.1. The third-order valence-corrected chi connectivity index (χ3v) is 3.00. The number of nitrogens with one attached hydrogen (secondary N) is 1. The van der Waals surface area contributed by atoms with Crippen LogP contribution in [0.4, 0.5) is 0 Å². The van der Waals surface area contributed by atoms with Gasteiger partial charge in [0.25, 0.3) is 0 Å². The van der Waals surface area contributed by atoms with E-state index < -0.39 is 0 Å². The molecule has 2 rings (SSSR count). The second-order valence-electron chi connectivity index (χ2n) is 3.46. The third-order valence-electron chi connectivity index (χ3n) is 2.30. The maximum Gasteiger partial charge on any atom is 0.125 e. The van der Waals surface area contributed by atoms with E-state index in [9.17, 15) is 0 Å². The quantitative estimate of drug-likeness (QED) is 0.836. The minimum Gasteiger partial charge on any atom is -0.467 e. The second-order valence-corrected chi connectivity index (χ2v) is 4.24. The van der Waals surface area contributed by atoms with Gasteiger partial charge in [-0.05, 0) is 47.5 Å². The summed E-state index contributed by atoms with van der Waals surface area (Å²) in [6.45, 7) is 3.17. The fourth-order valence-electron chi connectivity index (χ4n) is 1.57. The van der Waals surface area contributed by atoms with Gasteiger partial charge in [-0.2, -0.15) is 11.3 Å². The Morgan fingerprint density at radius 1 is 1.47 bits per heavy atom. The second kappa shape index (κ2) is 5.14. The molecule has 2 aromatic heterocycles. The smallest absolute Gasteiger partial charge is 0.125 e. The summed E-state index contributed by atoms with van der Waals surface area (Å²) in [5.74, 6) is 0.988. The molecule has 1 atom stereocenters. The highest BCUT2D eigenvalue weighted by molar-refractivity contribution is 7.08. The van der Waals surface area contributed by atoms with E-state index in [0.717, 1.165) is 18.7 Å². The van der Waals surface area contributed by atoms with E-state index >= 15 is 0 Å². The van der Waals surface area contributed by atoms with Gasteiger partial charge in [0.15, 0.2) is 0 Å². The number of hydrogen-bond donors (Lipinski definition) is 1. The topological polar surface area (TPSA) is 25.2 Å². The molecule has 0 fully saturated rings. The van der Waals surface area contributed by atoms with Crippen molar-refractivity contribution in [3.8, 4) is 0 Å². The first-order valence-corrected chi connectivity index (χ1v) is 6.15. The van der Waals surface area contributed by atoms with Crippen molar-refractivity contribution in [2.75, 3.05) is 6.54 Å².